The summed E-state index contributed by atoms with van der Waals surface area (Å²) in [5, 5.41) is 6.33. The van der Waals surface area contributed by atoms with Crippen molar-refractivity contribution in [2.75, 3.05) is 32.0 Å². The van der Waals surface area contributed by atoms with E-state index in [-0.39, 0.29) is 18.3 Å². The number of nitrogens with one attached hydrogen (secondary N) is 2. The van der Waals surface area contributed by atoms with Gasteiger partial charge >= 0.3 is 0 Å². The molecule has 0 radical (unpaired) electrons. The van der Waals surface area contributed by atoms with E-state index in [0.29, 0.717) is 24.4 Å². The first kappa shape index (κ1) is 19.4. The van der Waals surface area contributed by atoms with Crippen LogP contribution in [-0.2, 0) is 4.79 Å². The second kappa shape index (κ2) is 8.53. The molecule has 0 spiro atoms. The Hall–Kier alpha value is -1.40. The molecule has 144 valence electrons. The monoisotopic (exact) mass is 379 g/mol. The van der Waals surface area contributed by atoms with Crippen molar-refractivity contribution in [3.05, 3.63) is 18.0 Å². The Labute approximate surface area is 162 Å². The number of likely N-dealkylation sites (tertiary alicyclic amines) is 1. The third-order valence-corrected chi connectivity index (χ3v) is 6.08. The van der Waals surface area contributed by atoms with Crippen LogP contribution in [-0.4, -0.2) is 53.5 Å². The highest BCUT2D eigenvalue weighted by Gasteiger charge is 2.43. The molecule has 4 rings (SSSR count). The minimum Gasteiger partial charge on any atom is -0.358 e. The number of likely N-dealkylation sites (N-methyl/N-ethyl adjacent to an activating group) is 1. The third kappa shape index (κ3) is 4.46. The summed E-state index contributed by atoms with van der Waals surface area (Å²) in [6, 6.07) is 2.42. The van der Waals surface area contributed by atoms with Gasteiger partial charge in [-0.05, 0) is 43.6 Å². The summed E-state index contributed by atoms with van der Waals surface area (Å²) >= 11 is 0. The fourth-order valence-electron chi connectivity index (χ4n) is 4.54. The van der Waals surface area contributed by atoms with E-state index < -0.39 is 0 Å². The first-order chi connectivity index (χ1) is 12.2. The van der Waals surface area contributed by atoms with Gasteiger partial charge < -0.3 is 10.6 Å². The quantitative estimate of drug-likeness (QED) is 0.794. The highest BCUT2D eigenvalue weighted by atomic mass is 35.5. The van der Waals surface area contributed by atoms with Crippen LogP contribution in [0.2, 0.25) is 0 Å². The first-order valence-corrected chi connectivity index (χ1v) is 9.75. The molecular formula is C19H30ClN5O. The topological polar surface area (TPSA) is 70.2 Å². The standard InChI is InChI=1S/C19H29N5O.ClH/c1-20-18(25)12-24-10-15(13-6-7-13)17(11-24)23-19-21-9-8-16(22-19)14-4-2-3-5-14;/h8-9,13-15,17H,2-7,10-12H2,1H3,(H,20,25)(H,21,22,23);1H/t15-,17+;/m1./s1. The second-order valence-electron chi connectivity index (χ2n) is 7.91. The molecule has 26 heavy (non-hydrogen) atoms. The molecule has 2 heterocycles. The molecule has 1 aliphatic heterocycles. The summed E-state index contributed by atoms with van der Waals surface area (Å²) in [5.41, 5.74) is 1.19. The van der Waals surface area contributed by atoms with E-state index in [1.807, 2.05) is 6.20 Å². The number of carbonyl (C=O) groups excluding carboxylic acids is 1. The van der Waals surface area contributed by atoms with Crippen LogP contribution in [0.15, 0.2) is 12.3 Å². The third-order valence-electron chi connectivity index (χ3n) is 6.08. The number of amides is 1. The molecule has 2 saturated carbocycles. The normalized spacial score (nSPS) is 26.5. The molecule has 0 bridgehead atoms. The van der Waals surface area contributed by atoms with Crippen LogP contribution in [0, 0.1) is 11.8 Å². The maximum atomic E-state index is 11.7. The lowest BCUT2D eigenvalue weighted by Crippen LogP contribution is -2.35. The van der Waals surface area contributed by atoms with E-state index in [4.69, 9.17) is 4.98 Å². The molecule has 0 unspecified atom stereocenters. The Morgan fingerprint density at radius 3 is 2.69 bits per heavy atom. The molecule has 6 nitrogen and oxygen atoms in total. The SMILES string of the molecule is CNC(=O)CN1C[C@H](Nc2nccc(C3CCCC3)n2)[C@@H](C2CC2)C1.Cl. The number of hydrogen-bond donors (Lipinski definition) is 2. The van der Waals surface area contributed by atoms with E-state index in [0.717, 1.165) is 25.0 Å². The van der Waals surface area contributed by atoms with Crippen molar-refractivity contribution in [3.8, 4) is 0 Å². The summed E-state index contributed by atoms with van der Waals surface area (Å²) in [7, 11) is 1.70. The average molecular weight is 380 g/mol. The van der Waals surface area contributed by atoms with E-state index in [1.165, 1.54) is 44.2 Å². The molecule has 7 heteroatoms. The van der Waals surface area contributed by atoms with Crippen LogP contribution in [0.4, 0.5) is 5.95 Å². The van der Waals surface area contributed by atoms with Gasteiger partial charge in [0.1, 0.15) is 0 Å². The molecule has 1 amide bonds. The van der Waals surface area contributed by atoms with Crippen molar-refractivity contribution in [2.24, 2.45) is 11.8 Å². The van der Waals surface area contributed by atoms with Crippen molar-refractivity contribution in [2.45, 2.75) is 50.5 Å². The molecule has 0 aromatic carbocycles. The van der Waals surface area contributed by atoms with Crippen LogP contribution in [0.5, 0.6) is 0 Å². The number of nitrogens with zero attached hydrogens (tertiary/aromatic N) is 3. The van der Waals surface area contributed by atoms with Crippen molar-refractivity contribution in [1.29, 1.82) is 0 Å². The van der Waals surface area contributed by atoms with Gasteiger partial charge in [0.15, 0.2) is 0 Å². The van der Waals surface area contributed by atoms with Crippen LogP contribution in [0.25, 0.3) is 0 Å². The van der Waals surface area contributed by atoms with Crippen LogP contribution < -0.4 is 10.6 Å². The Balaban J connectivity index is 0.00000196. The zero-order valence-corrected chi connectivity index (χ0v) is 16.3. The van der Waals surface area contributed by atoms with Gasteiger partial charge in [-0.15, -0.1) is 12.4 Å². The zero-order chi connectivity index (χ0) is 17.2. The van der Waals surface area contributed by atoms with Gasteiger partial charge in [-0.3, -0.25) is 9.69 Å². The first-order valence-electron chi connectivity index (χ1n) is 9.75. The fraction of sp³-hybridized carbons (Fsp3) is 0.737. The number of anilines is 1. The lowest BCUT2D eigenvalue weighted by Gasteiger charge is -2.20. The van der Waals surface area contributed by atoms with Crippen molar-refractivity contribution in [1.82, 2.24) is 20.2 Å². The largest absolute Gasteiger partial charge is 0.358 e. The highest BCUT2D eigenvalue weighted by Crippen LogP contribution is 2.42. The van der Waals surface area contributed by atoms with Crippen LogP contribution >= 0.6 is 12.4 Å². The molecule has 1 saturated heterocycles. The molecule has 2 N–H and O–H groups in total. The van der Waals surface area contributed by atoms with Gasteiger partial charge in [0.25, 0.3) is 0 Å². The second-order valence-corrected chi connectivity index (χ2v) is 7.91. The van der Waals surface area contributed by atoms with E-state index in [9.17, 15) is 4.79 Å². The minimum absolute atomic E-state index is 0. The fourth-order valence-corrected chi connectivity index (χ4v) is 4.54. The predicted molar refractivity (Wildman–Crippen MR) is 105 cm³/mol. The number of aromatic nitrogens is 2. The zero-order valence-electron chi connectivity index (χ0n) is 15.5. The van der Waals surface area contributed by atoms with Crippen molar-refractivity contribution in [3.63, 3.8) is 0 Å². The molecule has 3 aliphatic rings. The van der Waals surface area contributed by atoms with Crippen molar-refractivity contribution < 1.29 is 4.79 Å². The molecule has 1 aromatic heterocycles. The number of hydrogen-bond acceptors (Lipinski definition) is 5. The number of halogens is 1. The van der Waals surface area contributed by atoms with Crippen LogP contribution in [0.1, 0.15) is 50.1 Å². The number of rotatable bonds is 6. The highest BCUT2D eigenvalue weighted by molar-refractivity contribution is 5.85. The summed E-state index contributed by atoms with van der Waals surface area (Å²) in [6.45, 7) is 2.38. The van der Waals surface area contributed by atoms with Gasteiger partial charge in [0.2, 0.25) is 11.9 Å². The summed E-state index contributed by atoms with van der Waals surface area (Å²) in [5.74, 6) is 2.86. The molecule has 3 fully saturated rings. The average Bonchev–Trinajstić information content (AvgIpc) is 3.16. The summed E-state index contributed by atoms with van der Waals surface area (Å²) < 4.78 is 0. The maximum absolute atomic E-state index is 11.7. The lowest BCUT2D eigenvalue weighted by molar-refractivity contribution is -0.121. The summed E-state index contributed by atoms with van der Waals surface area (Å²) in [4.78, 5) is 23.3. The van der Waals surface area contributed by atoms with E-state index in [1.54, 1.807) is 7.05 Å². The smallest absolute Gasteiger partial charge is 0.233 e. The minimum atomic E-state index is 0. The lowest BCUT2D eigenvalue weighted by atomic mass is 9.98. The van der Waals surface area contributed by atoms with Gasteiger partial charge in [0.05, 0.1) is 6.54 Å². The Morgan fingerprint density at radius 2 is 2.00 bits per heavy atom. The van der Waals surface area contributed by atoms with E-state index >= 15 is 0 Å². The van der Waals surface area contributed by atoms with E-state index in [2.05, 4.69) is 26.6 Å². The van der Waals surface area contributed by atoms with Gasteiger partial charge in [-0.2, -0.15) is 0 Å². The molecule has 1 aromatic rings. The van der Waals surface area contributed by atoms with Gasteiger partial charge in [-0.1, -0.05) is 12.8 Å². The van der Waals surface area contributed by atoms with Gasteiger partial charge in [0, 0.05) is 44.0 Å². The van der Waals surface area contributed by atoms with Crippen LogP contribution in [0.3, 0.4) is 0 Å². The molecule has 2 atom stereocenters. The molecular weight excluding hydrogens is 350 g/mol. The predicted octanol–water partition coefficient (Wildman–Crippen LogP) is 2.42. The Bertz CT molecular complexity index is 618. The maximum Gasteiger partial charge on any atom is 0.233 e. The number of carbonyl (C=O) groups is 1. The molecule has 2 aliphatic carbocycles. The Kier molecular flexibility index (Phi) is 6.35. The van der Waals surface area contributed by atoms with Gasteiger partial charge in [-0.25, -0.2) is 9.97 Å². The Morgan fingerprint density at radius 1 is 1.23 bits per heavy atom. The van der Waals surface area contributed by atoms with Crippen molar-refractivity contribution >= 4 is 24.3 Å². The summed E-state index contributed by atoms with van der Waals surface area (Å²) in [6.07, 6.45) is 9.68.